The first-order chi connectivity index (χ1) is 21.8. The molecule has 0 saturated heterocycles. The molecule has 3 aromatic carbocycles. The van der Waals surface area contributed by atoms with Crippen LogP contribution in [0.15, 0.2) is 78.2 Å². The van der Waals surface area contributed by atoms with Gasteiger partial charge in [-0.15, -0.1) is 11.3 Å². The van der Waals surface area contributed by atoms with Gasteiger partial charge in [0.2, 0.25) is 0 Å². The lowest BCUT2D eigenvalue weighted by Crippen LogP contribution is -2.48. The van der Waals surface area contributed by atoms with E-state index in [1.807, 2.05) is 42.6 Å². The largest absolute Gasteiger partial charge is 0.416 e. The zero-order valence-corrected chi connectivity index (χ0v) is 26.4. The van der Waals surface area contributed by atoms with Crippen molar-refractivity contribution in [2.45, 2.75) is 51.7 Å². The van der Waals surface area contributed by atoms with E-state index in [1.165, 1.54) is 47.4 Å². The highest BCUT2D eigenvalue weighted by molar-refractivity contribution is 7.09. The van der Waals surface area contributed by atoms with E-state index in [0.29, 0.717) is 5.56 Å². The number of hydrogen-bond donors (Lipinski definition) is 3. The summed E-state index contributed by atoms with van der Waals surface area (Å²) in [4.78, 5) is 45.1. The van der Waals surface area contributed by atoms with Gasteiger partial charge in [0.05, 0.1) is 24.3 Å². The smallest absolute Gasteiger partial charge is 0.390 e. The summed E-state index contributed by atoms with van der Waals surface area (Å²) in [5.41, 5.74) is 1.69. The van der Waals surface area contributed by atoms with Crippen LogP contribution in [0.25, 0.3) is 0 Å². The first-order valence-corrected chi connectivity index (χ1v) is 15.4. The molecule has 3 N–H and O–H groups in total. The molecule has 1 aromatic heterocycles. The standard InChI is InChI=1S/C34H35F3N4O4S/c1-21-20-46-31(39-21)19-41(3)33(45)27-15-25(22(2)42)14-26(16-27)32(44)40-29(13-23-8-5-4-6-9-23)30(43)18-38-17-24-10-7-11-28(12-24)34(35,36)37/h4-12,14-16,20,29-30,38,43H,13,17-19H2,1-3H3,(H,40,44)/t29-,30+/m0/s1. The van der Waals surface area contributed by atoms with Gasteiger partial charge in [0, 0.05) is 47.9 Å². The van der Waals surface area contributed by atoms with Crippen molar-refractivity contribution < 1.29 is 32.7 Å². The molecule has 0 bridgehead atoms. The molecule has 0 aliphatic rings. The summed E-state index contributed by atoms with van der Waals surface area (Å²) in [6, 6.07) is 17.5. The van der Waals surface area contributed by atoms with Crippen LogP contribution < -0.4 is 10.6 Å². The van der Waals surface area contributed by atoms with Gasteiger partial charge < -0.3 is 20.6 Å². The molecule has 1 heterocycles. The van der Waals surface area contributed by atoms with Crippen molar-refractivity contribution in [2.24, 2.45) is 0 Å². The minimum Gasteiger partial charge on any atom is -0.390 e. The number of carbonyl (C=O) groups excluding carboxylic acids is 3. The van der Waals surface area contributed by atoms with Gasteiger partial charge in [-0.25, -0.2) is 4.98 Å². The molecule has 12 heteroatoms. The van der Waals surface area contributed by atoms with Crippen LogP contribution in [0.3, 0.4) is 0 Å². The fraction of sp³-hybridized carbons (Fsp3) is 0.294. The van der Waals surface area contributed by atoms with Gasteiger partial charge in [-0.2, -0.15) is 13.2 Å². The fourth-order valence-electron chi connectivity index (χ4n) is 4.82. The number of ketones is 1. The molecule has 46 heavy (non-hydrogen) atoms. The molecule has 0 saturated carbocycles. The third-order valence-corrected chi connectivity index (χ3v) is 8.20. The zero-order chi connectivity index (χ0) is 33.4. The van der Waals surface area contributed by atoms with Gasteiger partial charge in [0.25, 0.3) is 11.8 Å². The number of aryl methyl sites for hydroxylation is 1. The molecular formula is C34H35F3N4O4S. The van der Waals surface area contributed by atoms with Crippen molar-refractivity contribution in [1.29, 1.82) is 0 Å². The maximum atomic E-state index is 13.6. The van der Waals surface area contributed by atoms with Crippen LogP contribution in [-0.2, 0) is 25.7 Å². The van der Waals surface area contributed by atoms with Crippen LogP contribution in [0.4, 0.5) is 13.2 Å². The summed E-state index contributed by atoms with van der Waals surface area (Å²) in [5.74, 6) is -1.33. The van der Waals surface area contributed by atoms with E-state index in [2.05, 4.69) is 15.6 Å². The monoisotopic (exact) mass is 652 g/mol. The molecule has 0 aliphatic heterocycles. The molecule has 0 spiro atoms. The Morgan fingerprint density at radius 3 is 2.28 bits per heavy atom. The molecule has 0 aliphatic carbocycles. The average molecular weight is 653 g/mol. The number of halogens is 3. The van der Waals surface area contributed by atoms with Crippen LogP contribution in [-0.4, -0.2) is 58.3 Å². The molecule has 0 unspecified atom stereocenters. The number of hydrogen-bond acceptors (Lipinski definition) is 7. The van der Waals surface area contributed by atoms with Gasteiger partial charge in [-0.3, -0.25) is 14.4 Å². The Labute approximate surface area is 269 Å². The van der Waals surface area contributed by atoms with Crippen LogP contribution in [0.1, 0.15) is 65.4 Å². The Morgan fingerprint density at radius 1 is 0.957 bits per heavy atom. The number of rotatable bonds is 13. The number of amides is 2. The SMILES string of the molecule is CC(=O)c1cc(C(=O)N[C@@H](Cc2ccccc2)[C@H](O)CNCc2cccc(C(F)(F)F)c2)cc(C(=O)N(C)Cc2nc(C)cs2)c1. The third kappa shape index (κ3) is 9.56. The Morgan fingerprint density at radius 2 is 1.63 bits per heavy atom. The van der Waals surface area contributed by atoms with Crippen molar-refractivity contribution in [1.82, 2.24) is 20.5 Å². The number of alkyl halides is 3. The van der Waals surface area contributed by atoms with Crippen LogP contribution in [0, 0.1) is 6.92 Å². The average Bonchev–Trinajstić information content (AvgIpc) is 3.44. The quantitative estimate of drug-likeness (QED) is 0.166. The number of thiazole rings is 1. The van der Waals surface area contributed by atoms with Crippen LogP contribution in [0.2, 0.25) is 0 Å². The van der Waals surface area contributed by atoms with E-state index in [4.69, 9.17) is 0 Å². The van der Waals surface area contributed by atoms with Crippen molar-refractivity contribution in [3.8, 4) is 0 Å². The highest BCUT2D eigenvalue weighted by atomic mass is 32.1. The van der Waals surface area contributed by atoms with Gasteiger partial charge in [0.1, 0.15) is 5.01 Å². The van der Waals surface area contributed by atoms with Gasteiger partial charge >= 0.3 is 6.18 Å². The van der Waals surface area contributed by atoms with E-state index in [0.717, 1.165) is 28.4 Å². The number of aromatic nitrogens is 1. The number of nitrogens with zero attached hydrogens (tertiary/aromatic N) is 2. The Bertz CT molecular complexity index is 1680. The minimum absolute atomic E-state index is 0.0354. The van der Waals surface area contributed by atoms with Crippen LogP contribution >= 0.6 is 11.3 Å². The lowest BCUT2D eigenvalue weighted by atomic mass is 9.98. The summed E-state index contributed by atoms with van der Waals surface area (Å²) < 4.78 is 39.4. The lowest BCUT2D eigenvalue weighted by molar-refractivity contribution is -0.137. The van der Waals surface area contributed by atoms with E-state index in [1.54, 1.807) is 13.1 Å². The number of Topliss-reactive ketones (excluding diaryl/α,β-unsaturated/α-hetero) is 1. The number of benzene rings is 3. The van der Waals surface area contributed by atoms with Crippen molar-refractivity contribution in [3.63, 3.8) is 0 Å². The predicted octanol–water partition coefficient (Wildman–Crippen LogP) is 5.44. The van der Waals surface area contributed by atoms with Gasteiger partial charge in [-0.1, -0.05) is 48.5 Å². The minimum atomic E-state index is -4.47. The van der Waals surface area contributed by atoms with Crippen molar-refractivity contribution in [2.75, 3.05) is 13.6 Å². The number of aliphatic hydroxyl groups is 1. The predicted molar refractivity (Wildman–Crippen MR) is 170 cm³/mol. The molecule has 2 amide bonds. The highest BCUT2D eigenvalue weighted by Gasteiger charge is 2.30. The Kier molecular flexibility index (Phi) is 11.4. The summed E-state index contributed by atoms with van der Waals surface area (Å²) in [6.07, 6.45) is -5.37. The molecule has 0 radical (unpaired) electrons. The van der Waals surface area contributed by atoms with Gasteiger partial charge in [0.15, 0.2) is 5.78 Å². The number of aliphatic hydroxyl groups excluding tert-OH is 1. The number of nitrogens with one attached hydrogen (secondary N) is 2. The van der Waals surface area contributed by atoms with E-state index in [9.17, 15) is 32.7 Å². The van der Waals surface area contributed by atoms with Crippen molar-refractivity contribution in [3.05, 3.63) is 122 Å². The molecule has 2 atom stereocenters. The van der Waals surface area contributed by atoms with Crippen molar-refractivity contribution >= 4 is 28.9 Å². The maximum absolute atomic E-state index is 13.6. The Balaban J connectivity index is 1.51. The number of carbonyl (C=O) groups is 3. The molecule has 0 fully saturated rings. The molecule has 242 valence electrons. The second-order valence-corrected chi connectivity index (χ2v) is 12.0. The second-order valence-electron chi connectivity index (χ2n) is 11.1. The topological polar surface area (TPSA) is 112 Å². The first-order valence-electron chi connectivity index (χ1n) is 14.5. The molecule has 4 rings (SSSR count). The molecule has 8 nitrogen and oxygen atoms in total. The normalized spacial score (nSPS) is 12.8. The zero-order valence-electron chi connectivity index (χ0n) is 25.6. The fourth-order valence-corrected chi connectivity index (χ4v) is 5.65. The summed E-state index contributed by atoms with van der Waals surface area (Å²) in [7, 11) is 1.61. The summed E-state index contributed by atoms with van der Waals surface area (Å²) in [5, 5.41) is 19.6. The van der Waals surface area contributed by atoms with E-state index in [-0.39, 0.29) is 48.5 Å². The third-order valence-electron chi connectivity index (χ3n) is 7.25. The molecule has 4 aromatic rings. The van der Waals surface area contributed by atoms with E-state index < -0.39 is 35.7 Å². The Hall–Kier alpha value is -4.39. The second kappa shape index (κ2) is 15.3. The summed E-state index contributed by atoms with van der Waals surface area (Å²) >= 11 is 1.43. The summed E-state index contributed by atoms with van der Waals surface area (Å²) in [6.45, 7) is 3.48. The van der Waals surface area contributed by atoms with Crippen LogP contribution in [0.5, 0.6) is 0 Å². The highest BCUT2D eigenvalue weighted by Crippen LogP contribution is 2.29. The lowest BCUT2D eigenvalue weighted by Gasteiger charge is -2.25. The maximum Gasteiger partial charge on any atom is 0.416 e. The van der Waals surface area contributed by atoms with Gasteiger partial charge in [-0.05, 0) is 55.7 Å². The molecular weight excluding hydrogens is 617 g/mol. The van der Waals surface area contributed by atoms with E-state index >= 15 is 0 Å². The first kappa shape index (κ1) is 34.5.